The minimum Gasteiger partial charge on any atom is -1.00 e. The van der Waals surface area contributed by atoms with Gasteiger partial charge >= 0.3 is 420 Å². The van der Waals surface area contributed by atoms with E-state index >= 15 is 0 Å². The molecule has 2 aliphatic carbocycles. The summed E-state index contributed by atoms with van der Waals surface area (Å²) in [4.78, 5) is 0. The van der Waals surface area contributed by atoms with Crippen LogP contribution in [0.2, 0.25) is 0 Å². The minimum atomic E-state index is -4.05. The Labute approximate surface area is 441 Å². The molecule has 0 N–H and O–H groups in total. The first kappa shape index (κ1) is 51.6. The van der Waals surface area contributed by atoms with Gasteiger partial charge in [0.15, 0.2) is 0 Å². The van der Waals surface area contributed by atoms with Crippen LogP contribution in [-0.2, 0) is 36.4 Å². The van der Waals surface area contributed by atoms with Crippen LogP contribution in [0.3, 0.4) is 0 Å². The molecule has 70 heavy (non-hydrogen) atoms. The molecule has 0 saturated carbocycles. The van der Waals surface area contributed by atoms with Crippen molar-refractivity contribution in [2.45, 2.75) is 48.2 Å². The summed E-state index contributed by atoms with van der Waals surface area (Å²) < 4.78 is 16.4. The molecule has 351 valence electrons. The number of rotatable bonds is 13. The van der Waals surface area contributed by atoms with Crippen LogP contribution in [-0.4, -0.2) is 24.0 Å². The molecule has 0 heterocycles. The first-order valence-electron chi connectivity index (χ1n) is 24.2. The van der Waals surface area contributed by atoms with Crippen LogP contribution in [0, 0.1) is 10.8 Å². The monoisotopic (exact) mass is 1080 g/mol. The van der Waals surface area contributed by atoms with E-state index in [1.165, 1.54) is 64.5 Å². The van der Waals surface area contributed by atoms with Crippen LogP contribution in [0.15, 0.2) is 242 Å². The predicted molar refractivity (Wildman–Crippen MR) is 291 cm³/mol. The first-order valence-corrected chi connectivity index (χ1v) is 35.9. The van der Waals surface area contributed by atoms with E-state index in [-0.39, 0.29) is 35.6 Å². The quantitative estimate of drug-likeness (QED) is 0.164. The third-order valence-electron chi connectivity index (χ3n) is 14.0. The number of halogens is 2. The van der Waals surface area contributed by atoms with E-state index in [0.29, 0.717) is 0 Å². The van der Waals surface area contributed by atoms with Crippen LogP contribution in [0.4, 0.5) is 0 Å². The van der Waals surface area contributed by atoms with E-state index < -0.39 is 51.5 Å². The van der Waals surface area contributed by atoms with Gasteiger partial charge in [0.25, 0.3) is 0 Å². The fourth-order valence-electron chi connectivity index (χ4n) is 11.1. The van der Waals surface area contributed by atoms with Crippen molar-refractivity contribution < 1.29 is 54.6 Å². The summed E-state index contributed by atoms with van der Waals surface area (Å²) >= 11 is -4.05. The molecule has 0 radical (unpaired) electrons. The molecule has 2 aliphatic rings. The van der Waals surface area contributed by atoms with Crippen LogP contribution >= 0.6 is 0 Å². The van der Waals surface area contributed by atoms with Crippen LogP contribution < -0.4 is 55.9 Å². The van der Waals surface area contributed by atoms with Gasteiger partial charge in [0, 0.05) is 0 Å². The Hall–Kier alpha value is -4.73. The summed E-state index contributed by atoms with van der Waals surface area (Å²) in [6.45, 7) is 14.6. The zero-order valence-corrected chi connectivity index (χ0v) is 48.3. The maximum Gasteiger partial charge on any atom is -1.00 e. The largest absolute Gasteiger partial charge is 1.00 e. The molecule has 0 saturated heterocycles. The Balaban J connectivity index is 0.00000329. The van der Waals surface area contributed by atoms with Gasteiger partial charge in [-0.05, 0) is 0 Å². The third-order valence-corrected chi connectivity index (χ3v) is 43.9. The van der Waals surface area contributed by atoms with Crippen molar-refractivity contribution in [1.29, 1.82) is 0 Å². The van der Waals surface area contributed by atoms with Crippen LogP contribution in [0.1, 0.15) is 63.8 Å². The summed E-state index contributed by atoms with van der Waals surface area (Å²) in [5, 5.41) is 8.03. The van der Waals surface area contributed by atoms with E-state index in [0.717, 1.165) is 0 Å². The molecule has 8 aromatic rings. The molecular weight excluding hydrogens is 1020 g/mol. The molecule has 0 amide bonds. The molecule has 2 nitrogen and oxygen atoms in total. The van der Waals surface area contributed by atoms with E-state index in [4.69, 9.17) is 8.85 Å². The van der Waals surface area contributed by atoms with Gasteiger partial charge in [-0.15, -0.1) is 0 Å². The van der Waals surface area contributed by atoms with Gasteiger partial charge in [-0.2, -0.15) is 0 Å². The van der Waals surface area contributed by atoms with Crippen molar-refractivity contribution in [2.24, 2.45) is 10.8 Å². The zero-order chi connectivity index (χ0) is 46.9. The summed E-state index contributed by atoms with van der Waals surface area (Å²) in [7, 11) is -5.07. The number of hydrogen-bond donors (Lipinski definition) is 0. The molecule has 0 bridgehead atoms. The second kappa shape index (κ2) is 21.6. The van der Waals surface area contributed by atoms with E-state index in [2.05, 4.69) is 284 Å². The van der Waals surface area contributed by atoms with E-state index in [1.54, 1.807) is 0 Å². The van der Waals surface area contributed by atoms with Crippen molar-refractivity contribution in [3.63, 3.8) is 0 Å². The third kappa shape index (κ3) is 9.67. The van der Waals surface area contributed by atoms with Crippen molar-refractivity contribution in [3.8, 4) is 0 Å². The molecule has 0 spiro atoms. The number of hydrogen-bond acceptors (Lipinski definition) is 2. The summed E-state index contributed by atoms with van der Waals surface area (Å²) in [6, 6.07) is 86.9. The maximum atomic E-state index is 9.03. The standard InChI is InChI=1S/2C25H25OSi.C12H11Si.2ClH.Zr/c2*1-25(2,3)23-18-19-12-10-11-17-22(19)24(23)26-27(20-13-6-4-7-14-20)21-15-8-5-9-16-21;1-3-7-11(8-4-1)13-12-9-5-2-6-10-12;;;/h2*4-18,27H,1-3H3;1-10,13H;2*1H;/q;;;;;+2/p-2. The molecule has 0 fully saturated rings. The van der Waals surface area contributed by atoms with Crippen LogP contribution in [0.5, 0.6) is 0 Å². The van der Waals surface area contributed by atoms with E-state index in [1.807, 2.05) is 0 Å². The van der Waals surface area contributed by atoms with Crippen molar-refractivity contribution >= 4 is 67.3 Å². The summed E-state index contributed by atoms with van der Waals surface area (Å²) in [5.74, 6) is -2.43. The summed E-state index contributed by atoms with van der Waals surface area (Å²) in [6.07, 6.45) is 5.13. The first-order chi connectivity index (χ1) is 33.0. The smallest absolute Gasteiger partial charge is 1.00 e. The normalized spacial score (nSPS) is 17.3. The second-order valence-corrected chi connectivity index (χ2v) is 40.5. The molecule has 8 heteroatoms. The van der Waals surface area contributed by atoms with Gasteiger partial charge in [-0.1, -0.05) is 0 Å². The average Bonchev–Trinajstić information content (AvgIpc) is 3.90. The molecule has 2 unspecified atom stereocenters. The van der Waals surface area contributed by atoms with Gasteiger partial charge < -0.3 is 24.8 Å². The van der Waals surface area contributed by atoms with Gasteiger partial charge in [0.05, 0.1) is 0 Å². The van der Waals surface area contributed by atoms with E-state index in [9.17, 15) is 0 Å². The van der Waals surface area contributed by atoms with Crippen molar-refractivity contribution in [1.82, 2.24) is 0 Å². The number of benzene rings is 8. The second-order valence-electron chi connectivity index (χ2n) is 20.5. The van der Waals surface area contributed by atoms with Crippen molar-refractivity contribution in [2.75, 3.05) is 0 Å². The fraction of sp³-hybridized carbons (Fsp3) is 0.161. The SMILES string of the molecule is CC(C)(C)C1=Cc2ccccc2[C]1(O[SiH](c1ccccc1)c1ccccc1)[Zr+2]([SiH](c1ccccc1)c1ccccc1)[C]1(O[SiH](c2ccccc2)c2ccccc2)C(C(C)(C)C)=Cc2ccccc21.[Cl-].[Cl-]. The topological polar surface area (TPSA) is 18.5 Å². The van der Waals surface area contributed by atoms with Crippen molar-refractivity contribution in [3.05, 3.63) is 264 Å². The van der Waals surface area contributed by atoms with Gasteiger partial charge in [0.2, 0.25) is 0 Å². The molecule has 2 atom stereocenters. The zero-order valence-electron chi connectivity index (χ0n) is 40.9. The maximum absolute atomic E-state index is 9.03. The molecular formula is C62H61Cl2O2Si3Zr. The molecule has 8 aromatic carbocycles. The Morgan fingerprint density at radius 3 is 0.843 bits per heavy atom. The Bertz CT molecular complexity index is 2770. The van der Waals surface area contributed by atoms with Gasteiger partial charge in [0.1, 0.15) is 0 Å². The Morgan fingerprint density at radius 1 is 0.329 bits per heavy atom. The fourth-order valence-corrected chi connectivity index (χ4v) is 50.1. The van der Waals surface area contributed by atoms with Gasteiger partial charge in [-0.3, -0.25) is 0 Å². The van der Waals surface area contributed by atoms with Crippen LogP contribution in [0.25, 0.3) is 12.2 Å². The Morgan fingerprint density at radius 2 is 0.571 bits per heavy atom. The average molecular weight is 1080 g/mol. The molecule has 10 rings (SSSR count). The minimum absolute atomic E-state index is 0. The summed E-state index contributed by atoms with van der Waals surface area (Å²) in [5.41, 5.74) is 7.34. The molecule has 0 aliphatic heterocycles. The predicted octanol–water partition coefficient (Wildman–Crippen LogP) is 3.85. The van der Waals surface area contributed by atoms with Gasteiger partial charge in [-0.25, -0.2) is 0 Å². The Kier molecular flexibility index (Phi) is 15.9. The number of fused-ring (bicyclic) bond motifs is 2. The molecule has 0 aromatic heterocycles.